The van der Waals surface area contributed by atoms with Gasteiger partial charge in [0.25, 0.3) is 0 Å². The summed E-state index contributed by atoms with van der Waals surface area (Å²) in [6, 6.07) is 16.8. The average molecular weight is 340 g/mol. The van der Waals surface area contributed by atoms with Crippen molar-refractivity contribution < 1.29 is 9.59 Å². The van der Waals surface area contributed by atoms with Crippen molar-refractivity contribution in [1.29, 1.82) is 0 Å². The Hall–Kier alpha value is -2.39. The van der Waals surface area contributed by atoms with Gasteiger partial charge in [0.1, 0.15) is 0 Å². The molecule has 0 aromatic heterocycles. The molecule has 3 nitrogen and oxygen atoms in total. The molecule has 1 N–H and O–H groups in total. The second-order valence-electron chi connectivity index (χ2n) is 5.98. The molecule has 122 valence electrons. The Balaban J connectivity index is 1.98. The second kappa shape index (κ2) is 7.02. The van der Waals surface area contributed by atoms with Crippen molar-refractivity contribution in [1.82, 2.24) is 5.32 Å². The quantitative estimate of drug-likeness (QED) is 0.919. The van der Waals surface area contributed by atoms with Gasteiger partial charge in [0.15, 0.2) is 5.78 Å². The minimum Gasteiger partial charge on any atom is -0.346 e. The predicted molar refractivity (Wildman–Crippen MR) is 95.8 cm³/mol. The Morgan fingerprint density at radius 2 is 1.75 bits per heavy atom. The minimum absolute atomic E-state index is 0.0738. The molecule has 0 heterocycles. The summed E-state index contributed by atoms with van der Waals surface area (Å²) in [4.78, 5) is 24.2. The van der Waals surface area contributed by atoms with Crippen LogP contribution in [0.4, 0.5) is 0 Å². The van der Waals surface area contributed by atoms with Crippen molar-refractivity contribution >= 4 is 28.9 Å². The van der Waals surface area contributed by atoms with E-state index in [9.17, 15) is 9.59 Å². The molecule has 1 aliphatic carbocycles. The Kier molecular flexibility index (Phi) is 4.81. The number of nitrogens with one attached hydrogen (secondary N) is 1. The number of carbonyl (C=O) groups is 2. The number of rotatable bonds is 3. The summed E-state index contributed by atoms with van der Waals surface area (Å²) in [5.41, 5.74) is 2.99. The molecule has 0 saturated carbocycles. The Morgan fingerprint density at radius 3 is 2.38 bits per heavy atom. The van der Waals surface area contributed by atoms with E-state index < -0.39 is 6.04 Å². The van der Waals surface area contributed by atoms with E-state index in [4.69, 9.17) is 11.6 Å². The molecule has 1 amide bonds. The lowest BCUT2D eigenvalue weighted by Crippen LogP contribution is -2.45. The van der Waals surface area contributed by atoms with Gasteiger partial charge in [-0.2, -0.15) is 0 Å². The highest BCUT2D eigenvalue weighted by atomic mass is 35.5. The van der Waals surface area contributed by atoms with E-state index in [1.807, 2.05) is 54.6 Å². The Labute approximate surface area is 146 Å². The number of hydrogen-bond donors (Lipinski definition) is 1. The summed E-state index contributed by atoms with van der Waals surface area (Å²) in [7, 11) is 0. The molecular formula is C20H18ClNO2. The summed E-state index contributed by atoms with van der Waals surface area (Å²) >= 11 is 5.95. The molecule has 0 radical (unpaired) electrons. The van der Waals surface area contributed by atoms with E-state index in [0.717, 1.165) is 16.7 Å². The van der Waals surface area contributed by atoms with Crippen LogP contribution in [-0.2, 0) is 9.59 Å². The lowest BCUT2D eigenvalue weighted by Gasteiger charge is -2.31. The first kappa shape index (κ1) is 16.5. The third-order valence-corrected chi connectivity index (χ3v) is 4.52. The van der Waals surface area contributed by atoms with Crippen LogP contribution in [0.5, 0.6) is 0 Å². The zero-order valence-electron chi connectivity index (χ0n) is 13.3. The Morgan fingerprint density at radius 1 is 1.08 bits per heavy atom. The monoisotopic (exact) mass is 339 g/mol. The number of allylic oxidation sites excluding steroid dienone is 1. The molecule has 0 spiro atoms. The third-order valence-electron chi connectivity index (χ3n) is 4.27. The number of hydrogen-bond acceptors (Lipinski definition) is 2. The van der Waals surface area contributed by atoms with Gasteiger partial charge in [-0.1, -0.05) is 54.1 Å². The fraction of sp³-hybridized carbons (Fsp3) is 0.200. The van der Waals surface area contributed by atoms with Crippen LogP contribution in [-0.4, -0.2) is 17.7 Å². The van der Waals surface area contributed by atoms with Gasteiger partial charge >= 0.3 is 0 Å². The van der Waals surface area contributed by atoms with Crippen LogP contribution in [0.3, 0.4) is 0 Å². The van der Waals surface area contributed by atoms with E-state index in [1.165, 1.54) is 6.92 Å². The summed E-state index contributed by atoms with van der Waals surface area (Å²) < 4.78 is 0. The van der Waals surface area contributed by atoms with Gasteiger partial charge in [-0.25, -0.2) is 0 Å². The number of halogens is 1. The van der Waals surface area contributed by atoms with Crippen molar-refractivity contribution in [2.24, 2.45) is 0 Å². The van der Waals surface area contributed by atoms with Gasteiger partial charge in [-0.05, 0) is 41.3 Å². The first-order chi connectivity index (χ1) is 11.5. The van der Waals surface area contributed by atoms with Crippen molar-refractivity contribution in [2.45, 2.75) is 25.3 Å². The van der Waals surface area contributed by atoms with E-state index >= 15 is 0 Å². The smallest absolute Gasteiger partial charge is 0.217 e. The molecule has 2 unspecified atom stereocenters. The van der Waals surface area contributed by atoms with Crippen LogP contribution in [0, 0.1) is 0 Å². The lowest BCUT2D eigenvalue weighted by atomic mass is 9.77. The first-order valence-electron chi connectivity index (χ1n) is 7.87. The van der Waals surface area contributed by atoms with Crippen molar-refractivity contribution in [3.8, 4) is 0 Å². The van der Waals surface area contributed by atoms with Gasteiger partial charge in [-0.15, -0.1) is 0 Å². The average Bonchev–Trinajstić information content (AvgIpc) is 2.57. The van der Waals surface area contributed by atoms with Crippen LogP contribution in [0.25, 0.3) is 5.57 Å². The Bertz CT molecular complexity index is 781. The fourth-order valence-corrected chi connectivity index (χ4v) is 3.27. The molecule has 0 bridgehead atoms. The van der Waals surface area contributed by atoms with Crippen molar-refractivity contribution in [3.63, 3.8) is 0 Å². The summed E-state index contributed by atoms with van der Waals surface area (Å²) in [6.45, 7) is 1.44. The highest BCUT2D eigenvalue weighted by Gasteiger charge is 2.34. The molecular weight excluding hydrogens is 322 g/mol. The topological polar surface area (TPSA) is 46.2 Å². The van der Waals surface area contributed by atoms with E-state index in [-0.39, 0.29) is 17.6 Å². The molecule has 0 saturated heterocycles. The zero-order valence-corrected chi connectivity index (χ0v) is 14.1. The van der Waals surface area contributed by atoms with Gasteiger partial charge < -0.3 is 5.32 Å². The second-order valence-corrected chi connectivity index (χ2v) is 6.41. The van der Waals surface area contributed by atoms with Crippen LogP contribution >= 0.6 is 11.6 Å². The molecule has 1 aliphatic rings. The van der Waals surface area contributed by atoms with Crippen molar-refractivity contribution in [3.05, 3.63) is 76.8 Å². The normalized spacial score (nSPS) is 20.4. The van der Waals surface area contributed by atoms with Crippen LogP contribution in [0.1, 0.15) is 30.4 Å². The maximum Gasteiger partial charge on any atom is 0.217 e. The van der Waals surface area contributed by atoms with Crippen LogP contribution in [0.15, 0.2) is 60.7 Å². The van der Waals surface area contributed by atoms with E-state index in [1.54, 1.807) is 6.08 Å². The molecule has 0 fully saturated rings. The number of benzene rings is 2. The van der Waals surface area contributed by atoms with E-state index in [0.29, 0.717) is 11.4 Å². The predicted octanol–water partition coefficient (Wildman–Crippen LogP) is 3.98. The molecule has 2 atom stereocenters. The first-order valence-corrected chi connectivity index (χ1v) is 8.25. The highest BCUT2D eigenvalue weighted by molar-refractivity contribution is 6.30. The molecule has 3 rings (SSSR count). The summed E-state index contributed by atoms with van der Waals surface area (Å²) in [6.07, 6.45) is 2.33. The standard InChI is InChI=1S/C20H18ClNO2/c1-13(23)22-20-18(15-5-3-2-4-6-15)11-16(12-19(20)24)14-7-9-17(21)10-8-14/h2-10,12,18,20H,11H2,1H3,(H,22,23). The van der Waals surface area contributed by atoms with Gasteiger partial charge in [0.2, 0.25) is 5.91 Å². The van der Waals surface area contributed by atoms with Gasteiger partial charge in [0, 0.05) is 17.9 Å². The molecule has 2 aromatic carbocycles. The molecule has 24 heavy (non-hydrogen) atoms. The maximum absolute atomic E-state index is 12.6. The zero-order chi connectivity index (χ0) is 17.1. The largest absolute Gasteiger partial charge is 0.346 e. The van der Waals surface area contributed by atoms with Crippen LogP contribution < -0.4 is 5.32 Å². The lowest BCUT2D eigenvalue weighted by molar-refractivity contribution is -0.125. The van der Waals surface area contributed by atoms with Gasteiger partial charge in [-0.3, -0.25) is 9.59 Å². The maximum atomic E-state index is 12.6. The molecule has 4 heteroatoms. The van der Waals surface area contributed by atoms with Crippen molar-refractivity contribution in [2.75, 3.05) is 0 Å². The number of amides is 1. The number of ketones is 1. The molecule has 0 aliphatic heterocycles. The third kappa shape index (κ3) is 3.57. The van der Waals surface area contributed by atoms with Crippen LogP contribution in [0.2, 0.25) is 5.02 Å². The van der Waals surface area contributed by atoms with Gasteiger partial charge in [0.05, 0.1) is 6.04 Å². The SMILES string of the molecule is CC(=O)NC1C(=O)C=C(c2ccc(Cl)cc2)CC1c1ccccc1. The summed E-state index contributed by atoms with van der Waals surface area (Å²) in [5.74, 6) is -0.355. The summed E-state index contributed by atoms with van der Waals surface area (Å²) in [5, 5.41) is 3.47. The fourth-order valence-electron chi connectivity index (χ4n) is 3.14. The minimum atomic E-state index is -0.527. The molecule has 2 aromatic rings. The highest BCUT2D eigenvalue weighted by Crippen LogP contribution is 2.36. The number of carbonyl (C=O) groups excluding carboxylic acids is 2. The van der Waals surface area contributed by atoms with E-state index in [2.05, 4.69) is 5.32 Å².